The van der Waals surface area contributed by atoms with Gasteiger partial charge in [0.05, 0.1) is 10.9 Å². The molecule has 1 aromatic carbocycles. The van der Waals surface area contributed by atoms with Crippen LogP contribution in [-0.2, 0) is 5.54 Å². The first-order chi connectivity index (χ1) is 18.9. The van der Waals surface area contributed by atoms with Crippen molar-refractivity contribution in [3.8, 4) is 6.01 Å². The van der Waals surface area contributed by atoms with Crippen LogP contribution in [0, 0.1) is 5.82 Å². The number of fused-ring (bicyclic) bond motifs is 4. The maximum atomic E-state index is 15.3. The van der Waals surface area contributed by atoms with E-state index in [0.717, 1.165) is 39.0 Å². The summed E-state index contributed by atoms with van der Waals surface area (Å²) in [6.07, 6.45) is 10.8. The predicted octanol–water partition coefficient (Wildman–Crippen LogP) is 5.19. The molecule has 7 rings (SSSR count). The van der Waals surface area contributed by atoms with Crippen molar-refractivity contribution in [3.63, 3.8) is 0 Å². The van der Waals surface area contributed by atoms with Crippen LogP contribution in [0.4, 0.5) is 10.2 Å². The predicted molar refractivity (Wildman–Crippen MR) is 151 cm³/mol. The molecule has 0 saturated carbocycles. The van der Waals surface area contributed by atoms with E-state index in [4.69, 9.17) is 21.3 Å². The van der Waals surface area contributed by atoms with Crippen LogP contribution in [0.5, 0.6) is 6.01 Å². The van der Waals surface area contributed by atoms with Gasteiger partial charge in [-0.1, -0.05) is 54.1 Å². The van der Waals surface area contributed by atoms with E-state index in [9.17, 15) is 0 Å². The van der Waals surface area contributed by atoms with Crippen molar-refractivity contribution in [1.29, 1.82) is 0 Å². The molecule has 9 heteroatoms. The Balaban J connectivity index is 1.21. The monoisotopic (exact) mass is 548 g/mol. The molecule has 3 aromatic rings. The Morgan fingerprint density at radius 2 is 1.74 bits per heavy atom. The Labute approximate surface area is 233 Å². The molecule has 2 atom stereocenters. The number of anilines is 1. The molecule has 0 unspecified atom stereocenters. The normalized spacial score (nSPS) is 24.6. The molecule has 204 valence electrons. The third kappa shape index (κ3) is 4.10. The van der Waals surface area contributed by atoms with Gasteiger partial charge in [0.1, 0.15) is 17.9 Å². The van der Waals surface area contributed by atoms with Gasteiger partial charge in [-0.25, -0.2) is 9.37 Å². The first-order valence-electron chi connectivity index (χ1n) is 14.0. The van der Waals surface area contributed by atoms with Gasteiger partial charge in [0.15, 0.2) is 11.0 Å². The average molecular weight is 549 g/mol. The second-order valence-electron chi connectivity index (χ2n) is 11.9. The molecule has 39 heavy (non-hydrogen) atoms. The van der Waals surface area contributed by atoms with Crippen molar-refractivity contribution >= 4 is 28.3 Å². The summed E-state index contributed by atoms with van der Waals surface area (Å²) in [6.45, 7) is 8.75. The van der Waals surface area contributed by atoms with E-state index in [2.05, 4.69) is 81.0 Å². The van der Waals surface area contributed by atoms with Crippen LogP contribution in [0.2, 0.25) is 5.15 Å². The topological polar surface area (TPSA) is 57.6 Å². The molecular formula is C30H34ClFN6O. The lowest BCUT2D eigenvalue weighted by molar-refractivity contribution is 0.0590. The van der Waals surface area contributed by atoms with Crippen LogP contribution >= 0.6 is 11.6 Å². The summed E-state index contributed by atoms with van der Waals surface area (Å²) in [5.74, 6) is 0.0234. The Hall–Kier alpha value is -2.81. The highest BCUT2D eigenvalue weighted by Crippen LogP contribution is 2.41. The minimum Gasteiger partial charge on any atom is -0.461 e. The van der Waals surface area contributed by atoms with E-state index in [1.165, 1.54) is 18.4 Å². The molecular weight excluding hydrogens is 515 g/mol. The van der Waals surface area contributed by atoms with Crippen LogP contribution in [0.3, 0.4) is 0 Å². The molecule has 3 saturated heterocycles. The lowest BCUT2D eigenvalue weighted by Crippen LogP contribution is -2.60. The smallest absolute Gasteiger partial charge is 0.319 e. The number of pyridine rings is 1. The molecule has 0 spiro atoms. The fourth-order valence-electron chi connectivity index (χ4n) is 7.47. The Morgan fingerprint density at radius 3 is 2.44 bits per heavy atom. The number of piperazine rings is 1. The van der Waals surface area contributed by atoms with Crippen LogP contribution in [0.25, 0.3) is 10.9 Å². The minimum absolute atomic E-state index is 0.0462. The molecule has 2 aromatic heterocycles. The summed E-state index contributed by atoms with van der Waals surface area (Å²) in [5.41, 5.74) is 1.34. The summed E-state index contributed by atoms with van der Waals surface area (Å²) in [6, 6.07) is 11.2. The highest BCUT2D eigenvalue weighted by Gasteiger charge is 2.46. The standard InChI is InChI=1S/C30H34ClFN6O/c1-29(2,20-8-4-3-5-9-20)38-21-10-11-22(38)18-36(17-21)27-23-16-33-26(31)24(32)25(23)34-28(35-27)39-19-30-12-6-14-37(30)15-7-13-30/h3-5,8-11,16,21-22H,6-7,12-15,17-19H2,1-2H3/t21-,22+. The zero-order valence-electron chi connectivity index (χ0n) is 22.5. The van der Waals surface area contributed by atoms with E-state index < -0.39 is 5.82 Å². The van der Waals surface area contributed by atoms with Gasteiger partial charge < -0.3 is 9.64 Å². The number of hydrogen-bond donors (Lipinski definition) is 0. The SMILES string of the molecule is CC(C)(c1ccccc1)N1[C@@H]2C=C[C@H]1CN(c1nc(OCC34CCCN3CCC4)nc3c(F)c(Cl)ncc13)C2. The quantitative estimate of drug-likeness (QED) is 0.310. The van der Waals surface area contributed by atoms with Gasteiger partial charge >= 0.3 is 6.01 Å². The first-order valence-corrected chi connectivity index (χ1v) is 14.4. The highest BCUT2D eigenvalue weighted by molar-refractivity contribution is 6.30. The van der Waals surface area contributed by atoms with Crippen molar-refractivity contribution in [2.45, 2.75) is 62.7 Å². The van der Waals surface area contributed by atoms with Crippen molar-refractivity contribution in [3.05, 3.63) is 65.2 Å². The summed E-state index contributed by atoms with van der Waals surface area (Å²) in [5, 5.41) is 0.367. The lowest BCUT2D eigenvalue weighted by atomic mass is 9.89. The van der Waals surface area contributed by atoms with Gasteiger partial charge in [0, 0.05) is 36.9 Å². The summed E-state index contributed by atoms with van der Waals surface area (Å²) in [4.78, 5) is 20.8. The largest absolute Gasteiger partial charge is 0.461 e. The Kier molecular flexibility index (Phi) is 6.06. The number of benzene rings is 1. The number of halogens is 2. The van der Waals surface area contributed by atoms with Gasteiger partial charge in [0.25, 0.3) is 0 Å². The molecule has 4 aliphatic heterocycles. The zero-order chi connectivity index (χ0) is 26.8. The molecule has 6 heterocycles. The van der Waals surface area contributed by atoms with Gasteiger partial charge in [-0.15, -0.1) is 0 Å². The van der Waals surface area contributed by atoms with E-state index in [1.54, 1.807) is 6.20 Å². The van der Waals surface area contributed by atoms with Crippen LogP contribution < -0.4 is 9.64 Å². The van der Waals surface area contributed by atoms with Crippen molar-refractivity contribution in [2.75, 3.05) is 37.7 Å². The number of rotatable bonds is 6. The van der Waals surface area contributed by atoms with Crippen molar-refractivity contribution in [2.24, 2.45) is 0 Å². The third-order valence-corrected chi connectivity index (χ3v) is 9.66. The highest BCUT2D eigenvalue weighted by atomic mass is 35.5. The third-order valence-electron chi connectivity index (χ3n) is 9.39. The molecule has 3 fully saturated rings. The second-order valence-corrected chi connectivity index (χ2v) is 12.3. The van der Waals surface area contributed by atoms with Gasteiger partial charge in [-0.2, -0.15) is 9.97 Å². The maximum Gasteiger partial charge on any atom is 0.319 e. The Bertz CT molecular complexity index is 1410. The summed E-state index contributed by atoms with van der Waals surface area (Å²) >= 11 is 6.09. The zero-order valence-corrected chi connectivity index (χ0v) is 23.2. The summed E-state index contributed by atoms with van der Waals surface area (Å²) < 4.78 is 21.5. The molecule has 4 aliphatic rings. The van der Waals surface area contributed by atoms with E-state index in [0.29, 0.717) is 17.8 Å². The second kappa shape index (κ2) is 9.39. The Morgan fingerprint density at radius 1 is 1.05 bits per heavy atom. The molecule has 0 aliphatic carbocycles. The fraction of sp³-hybridized carbons (Fsp3) is 0.500. The lowest BCUT2D eigenvalue weighted by Gasteiger charge is -2.50. The number of aromatic nitrogens is 3. The van der Waals surface area contributed by atoms with E-state index in [1.807, 2.05) is 0 Å². The van der Waals surface area contributed by atoms with Gasteiger partial charge in [-0.05, 0) is 58.2 Å². The molecule has 7 nitrogen and oxygen atoms in total. The molecule has 0 amide bonds. The van der Waals surface area contributed by atoms with E-state index >= 15 is 4.39 Å². The van der Waals surface area contributed by atoms with E-state index in [-0.39, 0.29) is 39.8 Å². The van der Waals surface area contributed by atoms with Crippen molar-refractivity contribution in [1.82, 2.24) is 24.8 Å². The molecule has 2 bridgehead atoms. The van der Waals surface area contributed by atoms with Crippen molar-refractivity contribution < 1.29 is 9.13 Å². The van der Waals surface area contributed by atoms with Gasteiger partial charge in [-0.3, -0.25) is 9.80 Å². The van der Waals surface area contributed by atoms with Crippen LogP contribution in [0.15, 0.2) is 48.7 Å². The van der Waals surface area contributed by atoms with Crippen LogP contribution in [-0.4, -0.2) is 75.2 Å². The fourth-order valence-corrected chi connectivity index (χ4v) is 7.61. The molecule has 0 N–H and O–H groups in total. The number of nitrogens with zero attached hydrogens (tertiary/aromatic N) is 6. The number of hydrogen-bond acceptors (Lipinski definition) is 7. The van der Waals surface area contributed by atoms with Gasteiger partial charge in [0.2, 0.25) is 0 Å². The maximum absolute atomic E-state index is 15.3. The number of ether oxygens (including phenoxy) is 1. The first kappa shape index (κ1) is 25.2. The summed E-state index contributed by atoms with van der Waals surface area (Å²) in [7, 11) is 0. The average Bonchev–Trinajstić information content (AvgIpc) is 3.61. The molecule has 0 radical (unpaired) electrons. The minimum atomic E-state index is -0.630. The van der Waals surface area contributed by atoms with Crippen LogP contribution in [0.1, 0.15) is 45.1 Å².